The van der Waals surface area contributed by atoms with Crippen molar-refractivity contribution in [2.45, 2.75) is 19.9 Å². The van der Waals surface area contributed by atoms with E-state index in [0.717, 1.165) is 14.6 Å². The Balaban J connectivity index is 3.07. The van der Waals surface area contributed by atoms with E-state index in [1.54, 1.807) is 0 Å². The summed E-state index contributed by atoms with van der Waals surface area (Å²) in [6.07, 6.45) is 3.96. The lowest BCUT2D eigenvalue weighted by atomic mass is 10.1. The molecule has 0 saturated carbocycles. The average molecular weight is 334 g/mol. The van der Waals surface area contributed by atoms with Gasteiger partial charge in [-0.3, -0.25) is 4.98 Å². The van der Waals surface area contributed by atoms with E-state index in [0.29, 0.717) is 0 Å². The van der Waals surface area contributed by atoms with Crippen LogP contribution in [0.2, 0.25) is 0 Å². The maximum Gasteiger partial charge on any atom is 0.0755 e. The summed E-state index contributed by atoms with van der Waals surface area (Å²) >= 11 is 6.91. The van der Waals surface area contributed by atoms with Crippen molar-refractivity contribution in [2.75, 3.05) is 7.05 Å². The van der Waals surface area contributed by atoms with Gasteiger partial charge in [0.1, 0.15) is 0 Å². The second-order valence-electron chi connectivity index (χ2n) is 3.53. The van der Waals surface area contributed by atoms with Gasteiger partial charge in [-0.15, -0.1) is 0 Å². The fraction of sp³-hybridized carbons (Fsp3) is 0.364. The molecule has 0 aromatic carbocycles. The lowest BCUT2D eigenvalue weighted by Gasteiger charge is -2.13. The zero-order valence-corrected chi connectivity index (χ0v) is 12.2. The summed E-state index contributed by atoms with van der Waals surface area (Å²) in [5.41, 5.74) is 2.27. The maximum absolute atomic E-state index is 4.40. The molecular weight excluding hydrogens is 320 g/mol. The molecule has 0 radical (unpaired) electrons. The molecule has 1 unspecified atom stereocenters. The average Bonchev–Trinajstić information content (AvgIpc) is 2.14. The number of hydrogen-bond acceptors (Lipinski definition) is 2. The van der Waals surface area contributed by atoms with Gasteiger partial charge in [0.05, 0.1) is 11.7 Å². The van der Waals surface area contributed by atoms with Crippen molar-refractivity contribution in [3.05, 3.63) is 38.6 Å². The lowest BCUT2D eigenvalue weighted by Crippen LogP contribution is -2.16. The molecule has 0 saturated heterocycles. The highest BCUT2D eigenvalue weighted by Crippen LogP contribution is 2.25. The number of nitrogens with zero attached hydrogens (tertiary/aromatic N) is 1. The number of likely N-dealkylation sites (N-methyl/N-ethyl adjacent to an activating group) is 1. The van der Waals surface area contributed by atoms with E-state index < -0.39 is 0 Å². The fourth-order valence-electron chi connectivity index (χ4n) is 1.29. The summed E-state index contributed by atoms with van der Waals surface area (Å²) < 4.78 is 1.99. The van der Waals surface area contributed by atoms with Crippen LogP contribution < -0.4 is 5.32 Å². The van der Waals surface area contributed by atoms with Gasteiger partial charge >= 0.3 is 0 Å². The van der Waals surface area contributed by atoms with E-state index in [1.165, 1.54) is 5.57 Å². The third kappa shape index (κ3) is 3.70. The Kier molecular flexibility index (Phi) is 4.96. The van der Waals surface area contributed by atoms with Gasteiger partial charge in [-0.25, -0.2) is 0 Å². The molecule has 0 aliphatic heterocycles. The molecule has 2 nitrogen and oxygen atoms in total. The molecule has 82 valence electrons. The highest BCUT2D eigenvalue weighted by atomic mass is 79.9. The fourth-order valence-corrected chi connectivity index (χ4v) is 2.52. The molecule has 0 amide bonds. The van der Waals surface area contributed by atoms with Gasteiger partial charge in [-0.05, 0) is 58.8 Å². The van der Waals surface area contributed by atoms with Crippen LogP contribution >= 0.6 is 31.9 Å². The summed E-state index contributed by atoms with van der Waals surface area (Å²) in [6.45, 7) is 4.16. The van der Waals surface area contributed by atoms with Crippen LogP contribution in [0.15, 0.2) is 32.9 Å². The first kappa shape index (κ1) is 12.9. The zero-order chi connectivity index (χ0) is 11.4. The predicted molar refractivity (Wildman–Crippen MR) is 70.9 cm³/mol. The van der Waals surface area contributed by atoms with Crippen molar-refractivity contribution in [1.82, 2.24) is 10.3 Å². The summed E-state index contributed by atoms with van der Waals surface area (Å²) in [7, 11) is 1.93. The van der Waals surface area contributed by atoms with E-state index in [2.05, 4.69) is 62.1 Å². The Hall–Kier alpha value is -0.190. The minimum Gasteiger partial charge on any atom is -0.308 e. The highest BCUT2D eigenvalue weighted by molar-refractivity contribution is 9.11. The standard InChI is InChI=1S/C11H14Br2N2/c1-7(2)4-10(14-3)11-9(13)5-8(12)6-15-11/h4-6,10,14H,1-3H3. The van der Waals surface area contributed by atoms with E-state index in [4.69, 9.17) is 0 Å². The number of aromatic nitrogens is 1. The third-order valence-electron chi connectivity index (χ3n) is 1.94. The van der Waals surface area contributed by atoms with E-state index in [9.17, 15) is 0 Å². The number of nitrogens with one attached hydrogen (secondary N) is 1. The molecule has 4 heteroatoms. The highest BCUT2D eigenvalue weighted by Gasteiger charge is 2.11. The molecule has 0 fully saturated rings. The minimum atomic E-state index is 0.150. The molecule has 1 N–H and O–H groups in total. The first-order valence-electron chi connectivity index (χ1n) is 4.68. The van der Waals surface area contributed by atoms with Crippen LogP contribution in [0, 0.1) is 0 Å². The van der Waals surface area contributed by atoms with Gasteiger partial charge in [0, 0.05) is 15.1 Å². The van der Waals surface area contributed by atoms with Gasteiger partial charge in [0.2, 0.25) is 0 Å². The SMILES string of the molecule is CNC(C=C(C)C)c1ncc(Br)cc1Br. The van der Waals surface area contributed by atoms with E-state index in [-0.39, 0.29) is 6.04 Å². The lowest BCUT2D eigenvalue weighted by molar-refractivity contribution is 0.684. The van der Waals surface area contributed by atoms with Crippen molar-refractivity contribution >= 4 is 31.9 Å². The van der Waals surface area contributed by atoms with Gasteiger partial charge < -0.3 is 5.32 Å². The smallest absolute Gasteiger partial charge is 0.0755 e. The van der Waals surface area contributed by atoms with Crippen molar-refractivity contribution in [3.8, 4) is 0 Å². The molecule has 1 aromatic heterocycles. The van der Waals surface area contributed by atoms with Crippen molar-refractivity contribution < 1.29 is 0 Å². The third-order valence-corrected chi connectivity index (χ3v) is 3.01. The Morgan fingerprint density at radius 2 is 2.13 bits per heavy atom. The molecule has 15 heavy (non-hydrogen) atoms. The summed E-state index contributed by atoms with van der Waals surface area (Å²) in [4.78, 5) is 4.40. The largest absolute Gasteiger partial charge is 0.308 e. The van der Waals surface area contributed by atoms with Crippen molar-refractivity contribution in [2.24, 2.45) is 0 Å². The number of rotatable bonds is 3. The molecule has 1 aromatic rings. The van der Waals surface area contributed by atoms with Crippen LogP contribution in [-0.2, 0) is 0 Å². The van der Waals surface area contributed by atoms with E-state index in [1.807, 2.05) is 19.3 Å². The first-order chi connectivity index (χ1) is 7.04. The Morgan fingerprint density at radius 3 is 2.60 bits per heavy atom. The van der Waals surface area contributed by atoms with Gasteiger partial charge in [-0.2, -0.15) is 0 Å². The summed E-state index contributed by atoms with van der Waals surface area (Å²) in [5.74, 6) is 0. The Bertz CT molecular complexity index is 371. The molecule has 0 spiro atoms. The van der Waals surface area contributed by atoms with Crippen LogP contribution in [0.1, 0.15) is 25.6 Å². The van der Waals surface area contributed by atoms with Crippen molar-refractivity contribution in [1.29, 1.82) is 0 Å². The molecule has 1 rings (SSSR count). The number of pyridine rings is 1. The van der Waals surface area contributed by atoms with Crippen molar-refractivity contribution in [3.63, 3.8) is 0 Å². The molecule has 1 heterocycles. The molecular formula is C11H14Br2N2. The molecule has 0 aliphatic carbocycles. The maximum atomic E-state index is 4.40. The van der Waals surface area contributed by atoms with Gasteiger partial charge in [0.15, 0.2) is 0 Å². The van der Waals surface area contributed by atoms with Crippen LogP contribution in [0.4, 0.5) is 0 Å². The quantitative estimate of drug-likeness (QED) is 0.850. The summed E-state index contributed by atoms with van der Waals surface area (Å²) in [6, 6.07) is 2.16. The van der Waals surface area contributed by atoms with Crippen LogP contribution in [-0.4, -0.2) is 12.0 Å². The predicted octanol–water partition coefficient (Wildman–Crippen LogP) is 3.83. The topological polar surface area (TPSA) is 24.9 Å². The van der Waals surface area contributed by atoms with Crippen LogP contribution in [0.25, 0.3) is 0 Å². The minimum absolute atomic E-state index is 0.150. The van der Waals surface area contributed by atoms with Crippen LogP contribution in [0.5, 0.6) is 0 Å². The van der Waals surface area contributed by atoms with Gasteiger partial charge in [-0.1, -0.05) is 11.6 Å². The van der Waals surface area contributed by atoms with E-state index >= 15 is 0 Å². The molecule has 0 aliphatic rings. The Labute approximate surface area is 107 Å². The first-order valence-corrected chi connectivity index (χ1v) is 6.26. The second-order valence-corrected chi connectivity index (χ2v) is 5.30. The zero-order valence-electron chi connectivity index (χ0n) is 9.01. The molecule has 0 bridgehead atoms. The summed E-state index contributed by atoms with van der Waals surface area (Å²) in [5, 5.41) is 3.23. The van der Waals surface area contributed by atoms with Gasteiger partial charge in [0.25, 0.3) is 0 Å². The molecule has 1 atom stereocenters. The second kappa shape index (κ2) is 5.77. The normalized spacial score (nSPS) is 12.3. The Morgan fingerprint density at radius 1 is 1.47 bits per heavy atom. The number of allylic oxidation sites excluding steroid dienone is 1. The number of halogens is 2. The monoisotopic (exact) mass is 332 g/mol. The number of hydrogen-bond donors (Lipinski definition) is 1. The van der Waals surface area contributed by atoms with Crippen LogP contribution in [0.3, 0.4) is 0 Å².